The molecule has 0 bridgehead atoms. The Morgan fingerprint density at radius 1 is 1.57 bits per heavy atom. The van der Waals surface area contributed by atoms with E-state index in [2.05, 4.69) is 22.3 Å². The summed E-state index contributed by atoms with van der Waals surface area (Å²) in [7, 11) is 1.72. The van der Waals surface area contributed by atoms with Crippen LogP contribution < -0.4 is 5.32 Å². The first kappa shape index (κ1) is 11.1. The molecular formula is C9H18N4O. The Morgan fingerprint density at radius 3 is 3.07 bits per heavy atom. The normalized spacial score (nSPS) is 13.0. The molecule has 0 fully saturated rings. The van der Waals surface area contributed by atoms with Gasteiger partial charge in [-0.05, 0) is 13.3 Å². The predicted molar refractivity (Wildman–Crippen MR) is 54.0 cm³/mol. The van der Waals surface area contributed by atoms with Crippen molar-refractivity contribution in [1.82, 2.24) is 20.1 Å². The first-order chi connectivity index (χ1) is 6.83. The van der Waals surface area contributed by atoms with Gasteiger partial charge in [0, 0.05) is 26.3 Å². The van der Waals surface area contributed by atoms with Crippen LogP contribution in [0.4, 0.5) is 0 Å². The van der Waals surface area contributed by atoms with Crippen molar-refractivity contribution >= 4 is 0 Å². The average Bonchev–Trinajstić information content (AvgIpc) is 2.67. The Balaban J connectivity index is 2.03. The summed E-state index contributed by atoms with van der Waals surface area (Å²) in [6.45, 7) is 4.73. The fourth-order valence-corrected chi connectivity index (χ4v) is 1.17. The molecule has 0 amide bonds. The van der Waals surface area contributed by atoms with Crippen LogP contribution >= 0.6 is 0 Å². The van der Waals surface area contributed by atoms with Crippen molar-refractivity contribution in [3.8, 4) is 0 Å². The van der Waals surface area contributed by atoms with Gasteiger partial charge in [-0.3, -0.25) is 4.68 Å². The molecule has 0 aliphatic heterocycles. The third-order valence-corrected chi connectivity index (χ3v) is 2.06. The lowest BCUT2D eigenvalue weighted by Gasteiger charge is -2.12. The second-order valence-electron chi connectivity index (χ2n) is 3.30. The Hall–Kier alpha value is -0.940. The number of methoxy groups -OCH3 is 1. The van der Waals surface area contributed by atoms with Gasteiger partial charge in [0.25, 0.3) is 0 Å². The standard InChI is InChI=1S/C9H18N4O/c1-9(3-6-14-2)11-4-5-13-8-10-7-12-13/h7-9,11H,3-6H2,1-2H3. The van der Waals surface area contributed by atoms with Crippen molar-refractivity contribution in [3.63, 3.8) is 0 Å². The van der Waals surface area contributed by atoms with Gasteiger partial charge >= 0.3 is 0 Å². The number of rotatable bonds is 7. The van der Waals surface area contributed by atoms with E-state index >= 15 is 0 Å². The summed E-state index contributed by atoms with van der Waals surface area (Å²) < 4.78 is 6.81. The van der Waals surface area contributed by atoms with Crippen molar-refractivity contribution in [2.45, 2.75) is 25.9 Å². The molecular weight excluding hydrogens is 180 g/mol. The summed E-state index contributed by atoms with van der Waals surface area (Å²) >= 11 is 0. The van der Waals surface area contributed by atoms with Gasteiger partial charge in [0.05, 0.1) is 6.54 Å². The number of nitrogens with one attached hydrogen (secondary N) is 1. The maximum absolute atomic E-state index is 5.00. The Bertz CT molecular complexity index is 225. The minimum absolute atomic E-state index is 0.485. The predicted octanol–water partition coefficient (Wildman–Crippen LogP) is 0.293. The topological polar surface area (TPSA) is 52.0 Å². The Kier molecular flexibility index (Phi) is 5.17. The third-order valence-electron chi connectivity index (χ3n) is 2.06. The smallest absolute Gasteiger partial charge is 0.137 e. The van der Waals surface area contributed by atoms with E-state index in [1.165, 1.54) is 0 Å². The first-order valence-electron chi connectivity index (χ1n) is 4.87. The Morgan fingerprint density at radius 2 is 2.43 bits per heavy atom. The lowest BCUT2D eigenvalue weighted by Crippen LogP contribution is -2.30. The molecule has 0 saturated heterocycles. The lowest BCUT2D eigenvalue weighted by atomic mass is 10.2. The summed E-state index contributed by atoms with van der Waals surface area (Å²) in [5.41, 5.74) is 0. The molecule has 0 spiro atoms. The molecule has 5 nitrogen and oxygen atoms in total. The van der Waals surface area contributed by atoms with E-state index in [1.807, 2.05) is 4.68 Å². The van der Waals surface area contributed by atoms with Crippen LogP contribution in [0, 0.1) is 0 Å². The second-order valence-corrected chi connectivity index (χ2v) is 3.30. The average molecular weight is 198 g/mol. The fourth-order valence-electron chi connectivity index (χ4n) is 1.17. The van der Waals surface area contributed by atoms with Gasteiger partial charge in [0.2, 0.25) is 0 Å². The highest BCUT2D eigenvalue weighted by Crippen LogP contribution is 1.90. The minimum atomic E-state index is 0.485. The zero-order valence-electron chi connectivity index (χ0n) is 8.81. The van der Waals surface area contributed by atoms with E-state index in [1.54, 1.807) is 19.8 Å². The molecule has 80 valence electrons. The molecule has 1 unspecified atom stereocenters. The van der Waals surface area contributed by atoms with E-state index in [4.69, 9.17) is 4.74 Å². The van der Waals surface area contributed by atoms with Gasteiger partial charge < -0.3 is 10.1 Å². The summed E-state index contributed by atoms with van der Waals surface area (Å²) in [6, 6.07) is 0.485. The zero-order chi connectivity index (χ0) is 10.2. The first-order valence-corrected chi connectivity index (χ1v) is 4.87. The monoisotopic (exact) mass is 198 g/mol. The number of ether oxygens (including phenoxy) is 1. The summed E-state index contributed by atoms with van der Waals surface area (Å²) in [4.78, 5) is 3.87. The molecule has 1 N–H and O–H groups in total. The molecule has 0 radical (unpaired) electrons. The van der Waals surface area contributed by atoms with Crippen molar-refractivity contribution in [2.24, 2.45) is 0 Å². The van der Waals surface area contributed by atoms with Gasteiger partial charge in [-0.2, -0.15) is 5.10 Å². The molecule has 0 aromatic carbocycles. The lowest BCUT2D eigenvalue weighted by molar-refractivity contribution is 0.184. The fraction of sp³-hybridized carbons (Fsp3) is 0.778. The van der Waals surface area contributed by atoms with Gasteiger partial charge in [-0.15, -0.1) is 0 Å². The number of nitrogens with zero attached hydrogens (tertiary/aromatic N) is 3. The summed E-state index contributed by atoms with van der Waals surface area (Å²) in [5, 5.41) is 7.40. The van der Waals surface area contributed by atoms with E-state index in [9.17, 15) is 0 Å². The summed E-state index contributed by atoms with van der Waals surface area (Å²) in [6.07, 6.45) is 4.31. The molecule has 1 rings (SSSR count). The van der Waals surface area contributed by atoms with Crippen LogP contribution in [0.15, 0.2) is 12.7 Å². The van der Waals surface area contributed by atoms with Gasteiger partial charge in [0.15, 0.2) is 0 Å². The maximum Gasteiger partial charge on any atom is 0.137 e. The number of hydrogen-bond acceptors (Lipinski definition) is 4. The van der Waals surface area contributed by atoms with Crippen LogP contribution in [0.5, 0.6) is 0 Å². The van der Waals surface area contributed by atoms with Crippen molar-refractivity contribution < 1.29 is 4.74 Å². The quantitative estimate of drug-likeness (QED) is 0.684. The van der Waals surface area contributed by atoms with Gasteiger partial charge in [-0.1, -0.05) is 0 Å². The van der Waals surface area contributed by atoms with Crippen molar-refractivity contribution in [2.75, 3.05) is 20.3 Å². The molecule has 0 saturated carbocycles. The van der Waals surface area contributed by atoms with Crippen LogP contribution in [-0.4, -0.2) is 41.1 Å². The highest BCUT2D eigenvalue weighted by molar-refractivity contribution is 4.61. The summed E-state index contributed by atoms with van der Waals surface area (Å²) in [5.74, 6) is 0. The van der Waals surface area contributed by atoms with E-state index in [-0.39, 0.29) is 0 Å². The molecule has 1 aromatic rings. The zero-order valence-corrected chi connectivity index (χ0v) is 8.81. The SMILES string of the molecule is COCCC(C)NCCn1cncn1. The highest BCUT2D eigenvalue weighted by Gasteiger charge is 1.99. The maximum atomic E-state index is 5.00. The molecule has 0 aliphatic rings. The molecule has 14 heavy (non-hydrogen) atoms. The van der Waals surface area contributed by atoms with E-state index in [0.29, 0.717) is 6.04 Å². The largest absolute Gasteiger partial charge is 0.385 e. The van der Waals surface area contributed by atoms with Crippen LogP contribution in [0.3, 0.4) is 0 Å². The minimum Gasteiger partial charge on any atom is -0.385 e. The molecule has 1 heterocycles. The van der Waals surface area contributed by atoms with Gasteiger partial charge in [-0.25, -0.2) is 4.98 Å². The molecule has 1 aromatic heterocycles. The van der Waals surface area contributed by atoms with E-state index in [0.717, 1.165) is 26.1 Å². The van der Waals surface area contributed by atoms with Crippen molar-refractivity contribution in [1.29, 1.82) is 0 Å². The Labute approximate surface area is 84.5 Å². The van der Waals surface area contributed by atoms with Crippen LogP contribution in [-0.2, 0) is 11.3 Å². The molecule has 5 heteroatoms. The van der Waals surface area contributed by atoms with Crippen molar-refractivity contribution in [3.05, 3.63) is 12.7 Å². The van der Waals surface area contributed by atoms with Crippen LogP contribution in [0.25, 0.3) is 0 Å². The molecule has 1 atom stereocenters. The number of hydrogen-bond donors (Lipinski definition) is 1. The van der Waals surface area contributed by atoms with Crippen LogP contribution in [0.1, 0.15) is 13.3 Å². The second kappa shape index (κ2) is 6.50. The number of aromatic nitrogens is 3. The van der Waals surface area contributed by atoms with E-state index < -0.39 is 0 Å². The van der Waals surface area contributed by atoms with Crippen LogP contribution in [0.2, 0.25) is 0 Å². The van der Waals surface area contributed by atoms with Gasteiger partial charge in [0.1, 0.15) is 12.7 Å². The molecule has 0 aliphatic carbocycles. The highest BCUT2D eigenvalue weighted by atomic mass is 16.5. The third kappa shape index (κ3) is 4.34.